The SMILES string of the molecule is CC(=O)OC1C[C@@H](C(=O)N[C@@H](C)c2ccc(-c3scnc3C)cc2)N(C(=O)[C@@H](NC(=O)COC2CN(CCN(c3ccc(-n4ccnc4)c(Br)c3)c3cc(-c4c(C)noc4C)ccc3C)C2)C(C)(C)C)C1. The zero-order valence-electron chi connectivity index (χ0n) is 41.7. The van der Waals surface area contributed by atoms with Crippen LogP contribution < -0.4 is 15.5 Å². The lowest BCUT2D eigenvalue weighted by Crippen LogP contribution is -2.59. The van der Waals surface area contributed by atoms with E-state index in [9.17, 15) is 19.2 Å². The van der Waals surface area contributed by atoms with E-state index in [1.165, 1.54) is 11.8 Å². The van der Waals surface area contributed by atoms with E-state index in [1.807, 2.05) is 89.0 Å². The van der Waals surface area contributed by atoms with E-state index >= 15 is 0 Å². The Bertz CT molecular complexity index is 2850. The molecule has 8 rings (SSSR count). The maximum atomic E-state index is 14.5. The molecule has 2 fully saturated rings. The van der Waals surface area contributed by atoms with E-state index in [0.29, 0.717) is 19.6 Å². The molecule has 2 N–H and O–H groups in total. The van der Waals surface area contributed by atoms with Gasteiger partial charge in [0.1, 0.15) is 30.6 Å². The standard InChI is InChI=1S/C53H62BrN9O7S/c1-31-10-11-39(48-33(3)59-70-35(48)5)22-45(31)62(40-16-17-44(43(54)23-40)61-19-18-55-29-61)21-20-60-25-42(26-60)68-28-47(65)58-50(53(7,8)9)52(67)63-27-41(69-36(6)64)24-46(63)51(66)57-32(2)37-12-14-38(15-13-37)49-34(4)56-30-71-49/h10-19,22-23,29-30,32,41-42,46,50H,20-21,24-28H2,1-9H3,(H,57,66)(H,58,65)/t32-,41?,46-,50+/m0/s1. The molecule has 16 nitrogen and oxygen atoms in total. The van der Waals surface area contributed by atoms with E-state index in [-0.39, 0.29) is 37.6 Å². The van der Waals surface area contributed by atoms with Gasteiger partial charge >= 0.3 is 5.97 Å². The van der Waals surface area contributed by atoms with Crippen LogP contribution in [0, 0.1) is 33.1 Å². The van der Waals surface area contributed by atoms with E-state index in [4.69, 9.17) is 14.0 Å². The number of aromatic nitrogens is 4. The fourth-order valence-electron chi connectivity index (χ4n) is 9.38. The first-order valence-corrected chi connectivity index (χ1v) is 25.5. The topological polar surface area (TPSA) is 177 Å². The highest BCUT2D eigenvalue weighted by Crippen LogP contribution is 2.38. The fraction of sp³-hybridized carbons (Fsp3) is 0.415. The highest BCUT2D eigenvalue weighted by Gasteiger charge is 2.46. The van der Waals surface area contributed by atoms with Gasteiger partial charge < -0.3 is 39.0 Å². The number of anilines is 2. The van der Waals surface area contributed by atoms with E-state index in [0.717, 1.165) is 77.9 Å². The van der Waals surface area contributed by atoms with Crippen LogP contribution in [0.15, 0.2) is 93.9 Å². The van der Waals surface area contributed by atoms with Crippen molar-refractivity contribution in [3.8, 4) is 27.3 Å². The quantitative estimate of drug-likeness (QED) is 0.0836. The molecule has 2 aliphatic heterocycles. The number of ether oxygens (including phenoxy) is 2. The van der Waals surface area contributed by atoms with Crippen LogP contribution >= 0.6 is 27.3 Å². The number of aryl methyl sites for hydroxylation is 4. The van der Waals surface area contributed by atoms with Crippen LogP contribution in [0.5, 0.6) is 0 Å². The van der Waals surface area contributed by atoms with Crippen LogP contribution in [0.3, 0.4) is 0 Å². The molecular formula is C53H62BrN9O7S. The molecule has 0 bridgehead atoms. The lowest BCUT2D eigenvalue weighted by molar-refractivity contribution is -0.148. The molecule has 4 atom stereocenters. The fourth-order valence-corrected chi connectivity index (χ4v) is 10.8. The molecule has 3 amide bonds. The number of nitrogens with zero attached hydrogens (tertiary/aromatic N) is 7. The molecule has 5 heterocycles. The van der Waals surface area contributed by atoms with Gasteiger partial charge in [-0.25, -0.2) is 9.97 Å². The lowest BCUT2D eigenvalue weighted by atomic mass is 9.85. The second-order valence-corrected chi connectivity index (χ2v) is 21.3. The van der Waals surface area contributed by atoms with Crippen molar-refractivity contribution in [1.82, 2.24) is 40.1 Å². The van der Waals surface area contributed by atoms with Gasteiger partial charge in [-0.2, -0.15) is 0 Å². The third-order valence-corrected chi connectivity index (χ3v) is 14.9. The average Bonchev–Trinajstić information content (AvgIpc) is 4.15. The van der Waals surface area contributed by atoms with Crippen LogP contribution in [0.25, 0.3) is 27.3 Å². The number of imidazole rings is 1. The van der Waals surface area contributed by atoms with E-state index in [2.05, 4.69) is 94.8 Å². The predicted octanol–water partition coefficient (Wildman–Crippen LogP) is 8.43. The Morgan fingerprint density at radius 3 is 2.32 bits per heavy atom. The van der Waals surface area contributed by atoms with Crippen molar-refractivity contribution in [2.24, 2.45) is 5.41 Å². The third-order valence-electron chi connectivity index (χ3n) is 13.2. The largest absolute Gasteiger partial charge is 0.461 e. The Labute approximate surface area is 427 Å². The van der Waals surface area contributed by atoms with Crippen LogP contribution in [0.2, 0.25) is 0 Å². The number of likely N-dealkylation sites (tertiary alicyclic amines) is 2. The molecule has 2 aliphatic rings. The summed E-state index contributed by atoms with van der Waals surface area (Å²) in [6.07, 6.45) is 4.69. The molecule has 2 saturated heterocycles. The predicted molar refractivity (Wildman–Crippen MR) is 277 cm³/mol. The van der Waals surface area contributed by atoms with Gasteiger partial charge in [-0.05, 0) is 102 Å². The number of carbonyl (C=O) groups is 4. The molecule has 3 aromatic carbocycles. The summed E-state index contributed by atoms with van der Waals surface area (Å²) in [5.41, 5.74) is 11.0. The average molecular weight is 1050 g/mol. The molecule has 18 heteroatoms. The first-order chi connectivity index (χ1) is 33.8. The van der Waals surface area contributed by atoms with Crippen molar-refractivity contribution < 1.29 is 33.2 Å². The van der Waals surface area contributed by atoms with Gasteiger partial charge in [-0.15, -0.1) is 11.3 Å². The third kappa shape index (κ3) is 11.8. The number of hydrogen-bond donors (Lipinski definition) is 2. The smallest absolute Gasteiger partial charge is 0.302 e. The summed E-state index contributed by atoms with van der Waals surface area (Å²) < 4.78 is 20.1. The highest BCUT2D eigenvalue weighted by molar-refractivity contribution is 9.10. The minimum absolute atomic E-state index is 0.0162. The second-order valence-electron chi connectivity index (χ2n) is 19.6. The molecule has 374 valence electrons. The Kier molecular flexibility index (Phi) is 15.6. The Morgan fingerprint density at radius 1 is 0.944 bits per heavy atom. The number of benzene rings is 3. The number of halogens is 1. The van der Waals surface area contributed by atoms with Gasteiger partial charge in [-0.3, -0.25) is 24.1 Å². The summed E-state index contributed by atoms with van der Waals surface area (Å²) in [5, 5.41) is 10.2. The normalized spacial score (nSPS) is 17.1. The molecule has 1 unspecified atom stereocenters. The Morgan fingerprint density at radius 2 is 1.69 bits per heavy atom. The van der Waals surface area contributed by atoms with Crippen molar-refractivity contribution in [2.75, 3.05) is 44.2 Å². The number of nitrogens with one attached hydrogen (secondary N) is 2. The maximum absolute atomic E-state index is 14.5. The zero-order chi connectivity index (χ0) is 50.7. The summed E-state index contributed by atoms with van der Waals surface area (Å²) in [6.45, 7) is 19.1. The van der Waals surface area contributed by atoms with Gasteiger partial charge in [0, 0.05) is 73.3 Å². The van der Waals surface area contributed by atoms with Crippen LogP contribution in [-0.2, 0) is 28.7 Å². The first kappa shape index (κ1) is 51.2. The summed E-state index contributed by atoms with van der Waals surface area (Å²) in [4.78, 5) is 70.0. The first-order valence-electron chi connectivity index (χ1n) is 23.9. The van der Waals surface area contributed by atoms with Crippen LogP contribution in [0.1, 0.15) is 75.4 Å². The number of amides is 3. The van der Waals surface area contributed by atoms with Crippen molar-refractivity contribution >= 4 is 62.3 Å². The van der Waals surface area contributed by atoms with E-state index in [1.54, 1.807) is 23.9 Å². The Balaban J connectivity index is 0.890. The zero-order valence-corrected chi connectivity index (χ0v) is 44.1. The molecule has 0 saturated carbocycles. The van der Waals surface area contributed by atoms with Gasteiger partial charge in [0.05, 0.1) is 52.5 Å². The summed E-state index contributed by atoms with van der Waals surface area (Å²) in [7, 11) is 0. The van der Waals surface area contributed by atoms with Crippen molar-refractivity contribution in [3.63, 3.8) is 0 Å². The number of rotatable bonds is 17. The monoisotopic (exact) mass is 1050 g/mol. The summed E-state index contributed by atoms with van der Waals surface area (Å²) >= 11 is 5.39. The Hall–Kier alpha value is -6.21. The van der Waals surface area contributed by atoms with Crippen molar-refractivity contribution in [2.45, 2.75) is 99.1 Å². The van der Waals surface area contributed by atoms with Gasteiger partial charge in [-0.1, -0.05) is 62.3 Å². The van der Waals surface area contributed by atoms with Crippen molar-refractivity contribution in [1.29, 1.82) is 0 Å². The number of esters is 1. The molecule has 6 aromatic rings. The number of thiazole rings is 1. The van der Waals surface area contributed by atoms with Crippen molar-refractivity contribution in [3.05, 3.63) is 118 Å². The minimum Gasteiger partial charge on any atom is -0.461 e. The van der Waals surface area contributed by atoms with Crippen LogP contribution in [-0.4, -0.2) is 117 Å². The second kappa shape index (κ2) is 21.6. The van der Waals surface area contributed by atoms with Crippen LogP contribution in [0.4, 0.5) is 11.4 Å². The van der Waals surface area contributed by atoms with Gasteiger partial charge in [0.2, 0.25) is 17.7 Å². The lowest BCUT2D eigenvalue weighted by Gasteiger charge is -2.40. The summed E-state index contributed by atoms with van der Waals surface area (Å²) in [6, 6.07) is 18.4. The summed E-state index contributed by atoms with van der Waals surface area (Å²) in [5.74, 6) is -0.994. The van der Waals surface area contributed by atoms with Gasteiger partial charge in [0.25, 0.3) is 0 Å². The van der Waals surface area contributed by atoms with Gasteiger partial charge in [0.15, 0.2) is 0 Å². The molecule has 3 aromatic heterocycles. The number of hydrogen-bond acceptors (Lipinski definition) is 13. The minimum atomic E-state index is -0.998. The number of carbonyl (C=O) groups excluding carboxylic acids is 4. The highest BCUT2D eigenvalue weighted by atomic mass is 79.9. The maximum Gasteiger partial charge on any atom is 0.302 e. The van der Waals surface area contributed by atoms with E-state index < -0.39 is 41.4 Å². The molecule has 0 spiro atoms. The molecule has 71 heavy (non-hydrogen) atoms. The molecule has 0 radical (unpaired) electrons. The molecular weight excluding hydrogens is 987 g/mol. The molecule has 0 aliphatic carbocycles.